The number of hydrogen-bond donors (Lipinski definition) is 1. The summed E-state index contributed by atoms with van der Waals surface area (Å²) in [4.78, 5) is 11.9. The molecule has 0 radical (unpaired) electrons. The van der Waals surface area contributed by atoms with E-state index in [1.54, 1.807) is 23.9 Å². The standard InChI is InChI=1S/C9H16ClN5S2/c1-5(2)16-15(17-6(3)4)9-13-7(10)12-8(11)14-9/h5-6H,1-4H3,(H2,11,12,13,14). The first-order chi connectivity index (χ1) is 7.88. The van der Waals surface area contributed by atoms with Gasteiger partial charge >= 0.3 is 0 Å². The van der Waals surface area contributed by atoms with E-state index in [1.807, 2.05) is 3.71 Å². The zero-order valence-corrected chi connectivity index (χ0v) is 12.6. The molecular weight excluding hydrogens is 278 g/mol. The minimum absolute atomic E-state index is 0.117. The summed E-state index contributed by atoms with van der Waals surface area (Å²) >= 11 is 9.04. The van der Waals surface area contributed by atoms with E-state index in [2.05, 4.69) is 42.6 Å². The Morgan fingerprint density at radius 1 is 1.06 bits per heavy atom. The highest BCUT2D eigenvalue weighted by Crippen LogP contribution is 2.33. The van der Waals surface area contributed by atoms with E-state index in [9.17, 15) is 0 Å². The van der Waals surface area contributed by atoms with Crippen molar-refractivity contribution >= 4 is 47.4 Å². The first-order valence-corrected chi connectivity index (χ1v) is 7.24. The molecule has 96 valence electrons. The van der Waals surface area contributed by atoms with Crippen LogP contribution in [-0.4, -0.2) is 25.5 Å². The topological polar surface area (TPSA) is 67.9 Å². The van der Waals surface area contributed by atoms with Gasteiger partial charge in [-0.25, -0.2) is 3.71 Å². The minimum Gasteiger partial charge on any atom is -0.368 e. The number of aromatic nitrogens is 3. The molecule has 0 saturated carbocycles. The van der Waals surface area contributed by atoms with Crippen LogP contribution >= 0.6 is 35.5 Å². The third-order valence-corrected chi connectivity index (χ3v) is 3.63. The van der Waals surface area contributed by atoms with Gasteiger partial charge in [0.1, 0.15) is 0 Å². The Labute approximate surface area is 115 Å². The van der Waals surface area contributed by atoms with Crippen LogP contribution in [0.5, 0.6) is 0 Å². The fraction of sp³-hybridized carbons (Fsp3) is 0.667. The predicted molar refractivity (Wildman–Crippen MR) is 77.2 cm³/mol. The van der Waals surface area contributed by atoms with Gasteiger partial charge in [-0.1, -0.05) is 27.7 Å². The van der Waals surface area contributed by atoms with Gasteiger partial charge in [0.2, 0.25) is 11.2 Å². The summed E-state index contributed by atoms with van der Waals surface area (Å²) in [7, 11) is 0. The van der Waals surface area contributed by atoms with Gasteiger partial charge in [-0.2, -0.15) is 15.0 Å². The average molecular weight is 294 g/mol. The lowest BCUT2D eigenvalue weighted by Crippen LogP contribution is -2.15. The summed E-state index contributed by atoms with van der Waals surface area (Å²) in [5.74, 6) is 0.624. The van der Waals surface area contributed by atoms with Crippen molar-refractivity contribution in [3.63, 3.8) is 0 Å². The maximum atomic E-state index is 5.78. The van der Waals surface area contributed by atoms with E-state index in [0.29, 0.717) is 16.4 Å². The molecule has 0 atom stereocenters. The van der Waals surface area contributed by atoms with Crippen molar-refractivity contribution in [2.45, 2.75) is 38.2 Å². The molecule has 0 saturated heterocycles. The highest BCUT2D eigenvalue weighted by Gasteiger charge is 2.17. The van der Waals surface area contributed by atoms with Gasteiger partial charge in [-0.3, -0.25) is 0 Å². The van der Waals surface area contributed by atoms with Gasteiger partial charge in [0.15, 0.2) is 0 Å². The van der Waals surface area contributed by atoms with Crippen LogP contribution in [0.4, 0.5) is 11.9 Å². The van der Waals surface area contributed by atoms with Crippen LogP contribution < -0.4 is 9.44 Å². The third kappa shape index (κ3) is 5.18. The maximum Gasteiger partial charge on any atom is 0.252 e. The van der Waals surface area contributed by atoms with Crippen LogP contribution in [-0.2, 0) is 0 Å². The minimum atomic E-state index is 0.117. The molecule has 2 N–H and O–H groups in total. The van der Waals surface area contributed by atoms with Crippen molar-refractivity contribution in [2.24, 2.45) is 0 Å². The summed E-state index contributed by atoms with van der Waals surface area (Å²) in [6.45, 7) is 8.41. The summed E-state index contributed by atoms with van der Waals surface area (Å²) in [5, 5.41) is 0.947. The summed E-state index contributed by atoms with van der Waals surface area (Å²) < 4.78 is 1.93. The van der Waals surface area contributed by atoms with E-state index < -0.39 is 0 Å². The third-order valence-electron chi connectivity index (χ3n) is 1.39. The van der Waals surface area contributed by atoms with Crippen molar-refractivity contribution < 1.29 is 0 Å². The zero-order chi connectivity index (χ0) is 13.0. The highest BCUT2D eigenvalue weighted by molar-refractivity contribution is 8.18. The lowest BCUT2D eigenvalue weighted by molar-refractivity contribution is 1.05. The van der Waals surface area contributed by atoms with E-state index in [1.165, 1.54) is 0 Å². The van der Waals surface area contributed by atoms with Gasteiger partial charge in [0.05, 0.1) is 0 Å². The number of hydrogen-bond acceptors (Lipinski definition) is 7. The number of anilines is 2. The SMILES string of the molecule is CC(C)SN(SC(C)C)c1nc(N)nc(Cl)n1. The Bertz CT molecular complexity index is 344. The monoisotopic (exact) mass is 293 g/mol. The first kappa shape index (κ1) is 14.7. The Kier molecular flexibility index (Phi) is 5.61. The number of halogens is 1. The lowest BCUT2D eigenvalue weighted by atomic mass is 10.6. The van der Waals surface area contributed by atoms with Crippen molar-refractivity contribution in [1.29, 1.82) is 0 Å². The normalized spacial score (nSPS) is 11.2. The van der Waals surface area contributed by atoms with Gasteiger partial charge in [0, 0.05) is 10.5 Å². The molecule has 1 rings (SSSR count). The molecule has 0 aliphatic carbocycles. The Morgan fingerprint density at radius 3 is 2.00 bits per heavy atom. The summed E-state index contributed by atoms with van der Waals surface area (Å²) in [5.41, 5.74) is 5.57. The number of nitrogens with zero attached hydrogens (tertiary/aromatic N) is 4. The van der Waals surface area contributed by atoms with Crippen LogP contribution in [0.25, 0.3) is 0 Å². The average Bonchev–Trinajstić information content (AvgIpc) is 2.13. The van der Waals surface area contributed by atoms with E-state index >= 15 is 0 Å². The zero-order valence-electron chi connectivity index (χ0n) is 10.2. The molecule has 0 fully saturated rings. The van der Waals surface area contributed by atoms with Crippen molar-refractivity contribution in [2.75, 3.05) is 9.44 Å². The van der Waals surface area contributed by atoms with Crippen molar-refractivity contribution in [3.05, 3.63) is 5.28 Å². The second-order valence-electron chi connectivity index (χ2n) is 3.83. The number of rotatable bonds is 5. The van der Waals surface area contributed by atoms with E-state index in [-0.39, 0.29) is 11.2 Å². The van der Waals surface area contributed by atoms with Crippen molar-refractivity contribution in [1.82, 2.24) is 15.0 Å². The molecule has 0 aliphatic rings. The van der Waals surface area contributed by atoms with Gasteiger partial charge in [-0.15, -0.1) is 0 Å². The molecule has 1 aromatic rings. The largest absolute Gasteiger partial charge is 0.368 e. The molecule has 0 unspecified atom stereocenters. The molecule has 17 heavy (non-hydrogen) atoms. The molecular formula is C9H16ClN5S2. The van der Waals surface area contributed by atoms with Crippen LogP contribution in [0.15, 0.2) is 0 Å². The first-order valence-electron chi connectivity index (χ1n) is 5.19. The highest BCUT2D eigenvalue weighted by atomic mass is 35.5. The molecule has 5 nitrogen and oxygen atoms in total. The number of nitrogens with two attached hydrogens (primary N) is 1. The molecule has 0 amide bonds. The molecule has 1 aromatic heterocycles. The molecule has 0 aromatic carbocycles. The lowest BCUT2D eigenvalue weighted by Gasteiger charge is -2.23. The number of nitrogen functional groups attached to an aromatic ring is 1. The van der Waals surface area contributed by atoms with E-state index in [4.69, 9.17) is 17.3 Å². The molecule has 0 bridgehead atoms. The Morgan fingerprint density at radius 2 is 1.59 bits per heavy atom. The fourth-order valence-corrected chi connectivity index (χ4v) is 3.45. The molecule has 0 spiro atoms. The van der Waals surface area contributed by atoms with Crippen LogP contribution in [0.1, 0.15) is 27.7 Å². The summed E-state index contributed by atoms with van der Waals surface area (Å²) in [6, 6.07) is 0. The smallest absolute Gasteiger partial charge is 0.252 e. The Balaban J connectivity index is 2.94. The molecule has 1 heterocycles. The summed E-state index contributed by atoms with van der Waals surface area (Å²) in [6.07, 6.45) is 0. The maximum absolute atomic E-state index is 5.78. The van der Waals surface area contributed by atoms with Crippen LogP contribution in [0.3, 0.4) is 0 Å². The van der Waals surface area contributed by atoms with Gasteiger partial charge in [0.25, 0.3) is 5.95 Å². The van der Waals surface area contributed by atoms with Crippen LogP contribution in [0, 0.1) is 0 Å². The van der Waals surface area contributed by atoms with Crippen molar-refractivity contribution in [3.8, 4) is 0 Å². The fourth-order valence-electron chi connectivity index (χ4n) is 0.938. The molecule has 8 heteroatoms. The van der Waals surface area contributed by atoms with Crippen LogP contribution in [0.2, 0.25) is 5.28 Å². The van der Waals surface area contributed by atoms with E-state index in [0.717, 1.165) is 0 Å². The Hall–Kier alpha value is -0.400. The van der Waals surface area contributed by atoms with Gasteiger partial charge < -0.3 is 5.73 Å². The molecule has 0 aliphatic heterocycles. The van der Waals surface area contributed by atoms with Gasteiger partial charge in [-0.05, 0) is 35.5 Å². The quantitative estimate of drug-likeness (QED) is 0.837. The predicted octanol–water partition coefficient (Wildman–Crippen LogP) is 3.03. The second kappa shape index (κ2) is 6.51. The second-order valence-corrected chi connectivity index (χ2v) is 7.43.